The molecule has 2 aliphatic heterocycles. The van der Waals surface area contributed by atoms with Crippen LogP contribution in [0.2, 0.25) is 0 Å². The first-order chi connectivity index (χ1) is 9.13. The average Bonchev–Trinajstić information content (AvgIpc) is 2.83. The van der Waals surface area contributed by atoms with E-state index in [2.05, 4.69) is 25.7 Å². The van der Waals surface area contributed by atoms with Crippen molar-refractivity contribution in [2.45, 2.75) is 52.6 Å². The van der Waals surface area contributed by atoms with Crippen LogP contribution in [0.3, 0.4) is 0 Å². The molecular formula is C17H31NO. The van der Waals surface area contributed by atoms with Gasteiger partial charge in [-0.05, 0) is 49.4 Å². The second-order valence-electron chi connectivity index (χ2n) is 7.66. The Labute approximate surface area is 118 Å². The van der Waals surface area contributed by atoms with E-state index in [0.717, 1.165) is 36.2 Å². The number of hydrogen-bond donors (Lipinski definition) is 0. The molecule has 19 heavy (non-hydrogen) atoms. The number of rotatable bonds is 2. The van der Waals surface area contributed by atoms with Gasteiger partial charge in [0.15, 0.2) is 0 Å². The zero-order valence-corrected chi connectivity index (χ0v) is 13.0. The SMILES string of the molecule is CC1CC(CN2CCC3OCCC3C2)CC(C)C1C. The molecule has 2 heteroatoms. The van der Waals surface area contributed by atoms with E-state index in [-0.39, 0.29) is 0 Å². The summed E-state index contributed by atoms with van der Waals surface area (Å²) in [5, 5.41) is 0. The zero-order valence-electron chi connectivity index (χ0n) is 13.0. The predicted octanol–water partition coefficient (Wildman–Crippen LogP) is 3.42. The first-order valence-corrected chi connectivity index (χ1v) is 8.47. The van der Waals surface area contributed by atoms with Gasteiger partial charge >= 0.3 is 0 Å². The highest BCUT2D eigenvalue weighted by atomic mass is 16.5. The van der Waals surface area contributed by atoms with Gasteiger partial charge in [-0.2, -0.15) is 0 Å². The molecule has 4 atom stereocenters. The van der Waals surface area contributed by atoms with Crippen LogP contribution in [0, 0.1) is 29.6 Å². The maximum absolute atomic E-state index is 5.82. The Kier molecular flexibility index (Phi) is 4.19. The summed E-state index contributed by atoms with van der Waals surface area (Å²) in [6.07, 6.45) is 6.08. The molecule has 0 spiro atoms. The van der Waals surface area contributed by atoms with E-state index in [1.807, 2.05) is 0 Å². The summed E-state index contributed by atoms with van der Waals surface area (Å²) in [5.41, 5.74) is 0. The number of fused-ring (bicyclic) bond motifs is 1. The molecule has 2 nitrogen and oxygen atoms in total. The third kappa shape index (κ3) is 3.00. The molecule has 0 aromatic heterocycles. The van der Waals surface area contributed by atoms with E-state index >= 15 is 0 Å². The van der Waals surface area contributed by atoms with E-state index in [9.17, 15) is 0 Å². The molecule has 0 bridgehead atoms. The van der Waals surface area contributed by atoms with Crippen LogP contribution < -0.4 is 0 Å². The van der Waals surface area contributed by atoms with Crippen molar-refractivity contribution in [2.24, 2.45) is 29.6 Å². The first kappa shape index (κ1) is 13.9. The summed E-state index contributed by atoms with van der Waals surface area (Å²) in [6, 6.07) is 0. The van der Waals surface area contributed by atoms with E-state index in [1.54, 1.807) is 0 Å². The maximum atomic E-state index is 5.82. The van der Waals surface area contributed by atoms with Crippen LogP contribution in [0.4, 0.5) is 0 Å². The number of piperidine rings is 1. The highest BCUT2D eigenvalue weighted by molar-refractivity contribution is 4.87. The Morgan fingerprint density at radius 2 is 1.79 bits per heavy atom. The first-order valence-electron chi connectivity index (χ1n) is 8.47. The van der Waals surface area contributed by atoms with Crippen LogP contribution in [0.1, 0.15) is 46.5 Å². The predicted molar refractivity (Wildman–Crippen MR) is 79.1 cm³/mol. The molecule has 1 saturated carbocycles. The van der Waals surface area contributed by atoms with Gasteiger partial charge in [-0.3, -0.25) is 0 Å². The smallest absolute Gasteiger partial charge is 0.0628 e. The van der Waals surface area contributed by atoms with Gasteiger partial charge in [0.2, 0.25) is 0 Å². The van der Waals surface area contributed by atoms with Crippen molar-refractivity contribution in [3.05, 3.63) is 0 Å². The van der Waals surface area contributed by atoms with Crippen molar-refractivity contribution < 1.29 is 4.74 Å². The summed E-state index contributed by atoms with van der Waals surface area (Å²) >= 11 is 0. The zero-order chi connectivity index (χ0) is 13.4. The lowest BCUT2D eigenvalue weighted by atomic mass is 9.70. The molecule has 4 unspecified atom stereocenters. The van der Waals surface area contributed by atoms with Crippen LogP contribution in [0.5, 0.6) is 0 Å². The van der Waals surface area contributed by atoms with Crippen LogP contribution >= 0.6 is 0 Å². The van der Waals surface area contributed by atoms with E-state index in [1.165, 1.54) is 45.3 Å². The summed E-state index contributed by atoms with van der Waals surface area (Å²) in [6.45, 7) is 12.3. The van der Waals surface area contributed by atoms with Crippen molar-refractivity contribution in [1.29, 1.82) is 0 Å². The third-order valence-electron chi connectivity index (χ3n) is 6.29. The Bertz CT molecular complexity index is 294. The maximum Gasteiger partial charge on any atom is 0.0628 e. The van der Waals surface area contributed by atoms with Gasteiger partial charge in [0.1, 0.15) is 0 Å². The molecule has 0 aromatic carbocycles. The van der Waals surface area contributed by atoms with Gasteiger partial charge in [-0.25, -0.2) is 0 Å². The van der Waals surface area contributed by atoms with Crippen molar-refractivity contribution in [3.63, 3.8) is 0 Å². The van der Waals surface area contributed by atoms with E-state index in [0.29, 0.717) is 6.10 Å². The number of nitrogens with zero attached hydrogens (tertiary/aromatic N) is 1. The molecule has 3 aliphatic rings. The van der Waals surface area contributed by atoms with Gasteiger partial charge in [0.25, 0.3) is 0 Å². The van der Waals surface area contributed by atoms with Crippen molar-refractivity contribution in [1.82, 2.24) is 4.90 Å². The Hall–Kier alpha value is -0.0800. The number of ether oxygens (including phenoxy) is 1. The summed E-state index contributed by atoms with van der Waals surface area (Å²) in [4.78, 5) is 2.75. The van der Waals surface area contributed by atoms with Gasteiger partial charge < -0.3 is 9.64 Å². The van der Waals surface area contributed by atoms with Crippen molar-refractivity contribution in [2.75, 3.05) is 26.2 Å². The number of hydrogen-bond acceptors (Lipinski definition) is 2. The summed E-state index contributed by atoms with van der Waals surface area (Å²) in [5.74, 6) is 4.54. The summed E-state index contributed by atoms with van der Waals surface area (Å²) < 4.78 is 5.82. The van der Waals surface area contributed by atoms with Gasteiger partial charge in [-0.1, -0.05) is 20.8 Å². The fourth-order valence-corrected chi connectivity index (χ4v) is 4.77. The van der Waals surface area contributed by atoms with Gasteiger partial charge in [0.05, 0.1) is 6.10 Å². The lowest BCUT2D eigenvalue weighted by Gasteiger charge is -2.41. The molecule has 3 fully saturated rings. The van der Waals surface area contributed by atoms with E-state index < -0.39 is 0 Å². The molecule has 2 heterocycles. The van der Waals surface area contributed by atoms with Crippen LogP contribution in [-0.2, 0) is 4.74 Å². The minimum Gasteiger partial charge on any atom is -0.378 e. The van der Waals surface area contributed by atoms with Gasteiger partial charge in [0, 0.05) is 32.2 Å². The van der Waals surface area contributed by atoms with E-state index in [4.69, 9.17) is 4.74 Å². The highest BCUT2D eigenvalue weighted by Crippen LogP contribution is 2.38. The average molecular weight is 265 g/mol. The molecule has 0 aromatic rings. The van der Waals surface area contributed by atoms with Crippen molar-refractivity contribution >= 4 is 0 Å². The van der Waals surface area contributed by atoms with Crippen LogP contribution in [0.15, 0.2) is 0 Å². The number of likely N-dealkylation sites (tertiary alicyclic amines) is 1. The monoisotopic (exact) mass is 265 g/mol. The Morgan fingerprint density at radius 3 is 2.53 bits per heavy atom. The minimum absolute atomic E-state index is 0.598. The summed E-state index contributed by atoms with van der Waals surface area (Å²) in [7, 11) is 0. The normalized spacial score (nSPS) is 48.2. The molecule has 3 rings (SSSR count). The lowest BCUT2D eigenvalue weighted by molar-refractivity contribution is 0.0216. The Balaban J connectivity index is 1.51. The molecule has 0 radical (unpaired) electrons. The molecule has 2 saturated heterocycles. The molecule has 1 aliphatic carbocycles. The topological polar surface area (TPSA) is 12.5 Å². The fourth-order valence-electron chi connectivity index (χ4n) is 4.77. The molecule has 0 amide bonds. The fraction of sp³-hybridized carbons (Fsp3) is 1.00. The standard InChI is InChI=1S/C17H31NO/c1-12-8-15(9-13(2)14(12)3)10-18-6-4-17-16(11-18)5-7-19-17/h12-17H,4-11H2,1-3H3. The molecule has 110 valence electrons. The molecular weight excluding hydrogens is 234 g/mol. The van der Waals surface area contributed by atoms with Gasteiger partial charge in [-0.15, -0.1) is 0 Å². The second kappa shape index (κ2) is 5.73. The molecule has 0 N–H and O–H groups in total. The van der Waals surface area contributed by atoms with Crippen LogP contribution in [0.25, 0.3) is 0 Å². The Morgan fingerprint density at radius 1 is 1.05 bits per heavy atom. The largest absolute Gasteiger partial charge is 0.378 e. The van der Waals surface area contributed by atoms with Crippen molar-refractivity contribution in [3.8, 4) is 0 Å². The lowest BCUT2D eigenvalue weighted by Crippen LogP contribution is -2.44. The third-order valence-corrected chi connectivity index (χ3v) is 6.29. The minimum atomic E-state index is 0.598. The van der Waals surface area contributed by atoms with Crippen LogP contribution in [-0.4, -0.2) is 37.2 Å². The quantitative estimate of drug-likeness (QED) is 0.758. The second-order valence-corrected chi connectivity index (χ2v) is 7.66. The highest BCUT2D eigenvalue weighted by Gasteiger charge is 2.36.